The lowest BCUT2D eigenvalue weighted by molar-refractivity contribution is -0.172. The van der Waals surface area contributed by atoms with Gasteiger partial charge < -0.3 is 9.47 Å². The Hall–Kier alpha value is -1.06. The summed E-state index contributed by atoms with van der Waals surface area (Å²) in [6.07, 6.45) is 4.54. The fourth-order valence-corrected chi connectivity index (χ4v) is 3.10. The second-order valence-electron chi connectivity index (χ2n) is 6.71. The van der Waals surface area contributed by atoms with Crippen molar-refractivity contribution in [2.24, 2.45) is 17.3 Å². The molecule has 1 rings (SSSR count). The molecule has 0 radical (unpaired) electrons. The van der Waals surface area contributed by atoms with Gasteiger partial charge in [-0.05, 0) is 43.9 Å². The van der Waals surface area contributed by atoms with Crippen LogP contribution in [0.4, 0.5) is 0 Å². The zero-order chi connectivity index (χ0) is 15.3. The van der Waals surface area contributed by atoms with Gasteiger partial charge in [0.2, 0.25) is 0 Å². The Bertz CT molecular complexity index is 348. The molecule has 3 unspecified atom stereocenters. The summed E-state index contributed by atoms with van der Waals surface area (Å²) in [5.41, 5.74) is 0.363. The van der Waals surface area contributed by atoms with E-state index in [0.717, 1.165) is 6.42 Å². The van der Waals surface area contributed by atoms with Crippen molar-refractivity contribution in [3.8, 4) is 0 Å². The summed E-state index contributed by atoms with van der Waals surface area (Å²) in [4.78, 5) is 22.8. The van der Waals surface area contributed by atoms with E-state index >= 15 is 0 Å². The lowest BCUT2D eigenvalue weighted by Gasteiger charge is -2.39. The Balaban J connectivity index is 2.52. The highest BCUT2D eigenvalue weighted by Crippen LogP contribution is 2.42. The van der Waals surface area contributed by atoms with Gasteiger partial charge in [0.1, 0.15) is 6.10 Å². The van der Waals surface area contributed by atoms with E-state index in [1.807, 2.05) is 6.92 Å². The van der Waals surface area contributed by atoms with E-state index in [1.54, 1.807) is 6.92 Å². The summed E-state index contributed by atoms with van der Waals surface area (Å²) in [5.74, 6) is -0.964. The van der Waals surface area contributed by atoms with Gasteiger partial charge in [0.25, 0.3) is 0 Å². The van der Waals surface area contributed by atoms with Crippen molar-refractivity contribution in [3.05, 3.63) is 0 Å². The Morgan fingerprint density at radius 3 is 2.45 bits per heavy atom. The number of esters is 2. The molecular formula is C16H28O4. The van der Waals surface area contributed by atoms with Crippen LogP contribution in [0, 0.1) is 17.3 Å². The van der Waals surface area contributed by atoms with Gasteiger partial charge in [-0.3, -0.25) is 0 Å². The highest BCUT2D eigenvalue weighted by molar-refractivity contribution is 6.29. The zero-order valence-corrected chi connectivity index (χ0v) is 13.4. The van der Waals surface area contributed by atoms with Gasteiger partial charge in [0.05, 0.1) is 6.61 Å². The molecule has 0 amide bonds. The first kappa shape index (κ1) is 17.0. The molecule has 20 heavy (non-hydrogen) atoms. The number of hydrogen-bond donors (Lipinski definition) is 0. The second kappa shape index (κ2) is 7.09. The average Bonchev–Trinajstić information content (AvgIpc) is 2.36. The lowest BCUT2D eigenvalue weighted by Crippen LogP contribution is -2.35. The Labute approximate surface area is 122 Å². The van der Waals surface area contributed by atoms with Crippen molar-refractivity contribution in [1.82, 2.24) is 0 Å². The van der Waals surface area contributed by atoms with E-state index in [4.69, 9.17) is 4.74 Å². The van der Waals surface area contributed by atoms with Crippen LogP contribution in [0.2, 0.25) is 0 Å². The molecule has 1 saturated carbocycles. The summed E-state index contributed by atoms with van der Waals surface area (Å²) in [6.45, 7) is 10.4. The maximum Gasteiger partial charge on any atom is 0.417 e. The van der Waals surface area contributed by atoms with E-state index < -0.39 is 11.9 Å². The van der Waals surface area contributed by atoms with Crippen molar-refractivity contribution in [2.45, 2.75) is 66.4 Å². The fourth-order valence-electron chi connectivity index (χ4n) is 3.10. The summed E-state index contributed by atoms with van der Waals surface area (Å²) < 4.78 is 9.88. The van der Waals surface area contributed by atoms with E-state index in [9.17, 15) is 9.59 Å². The third-order valence-electron chi connectivity index (χ3n) is 4.46. The summed E-state index contributed by atoms with van der Waals surface area (Å²) >= 11 is 0. The summed E-state index contributed by atoms with van der Waals surface area (Å²) in [6, 6.07) is 0. The van der Waals surface area contributed by atoms with Crippen LogP contribution in [-0.2, 0) is 19.1 Å². The first-order valence-corrected chi connectivity index (χ1v) is 7.64. The maximum absolute atomic E-state index is 11.6. The zero-order valence-electron chi connectivity index (χ0n) is 13.4. The molecule has 0 aromatic carbocycles. The topological polar surface area (TPSA) is 52.6 Å². The predicted molar refractivity (Wildman–Crippen MR) is 77.1 cm³/mol. The molecule has 0 spiro atoms. The Morgan fingerprint density at radius 2 is 1.90 bits per heavy atom. The minimum Gasteiger partial charge on any atom is -0.458 e. The molecule has 1 fully saturated rings. The van der Waals surface area contributed by atoms with Crippen molar-refractivity contribution < 1.29 is 19.1 Å². The number of carbonyl (C=O) groups is 2. The molecular weight excluding hydrogens is 256 g/mol. The minimum atomic E-state index is -0.893. The van der Waals surface area contributed by atoms with Crippen LogP contribution < -0.4 is 0 Å². The Morgan fingerprint density at radius 1 is 1.25 bits per heavy atom. The normalized spacial score (nSPS) is 24.6. The van der Waals surface area contributed by atoms with Crippen molar-refractivity contribution in [3.63, 3.8) is 0 Å². The third-order valence-corrected chi connectivity index (χ3v) is 4.46. The molecule has 116 valence electrons. The highest BCUT2D eigenvalue weighted by Gasteiger charge is 2.34. The largest absolute Gasteiger partial charge is 0.458 e. The quantitative estimate of drug-likeness (QED) is 0.587. The molecule has 3 atom stereocenters. The molecule has 0 aliphatic heterocycles. The van der Waals surface area contributed by atoms with Gasteiger partial charge in [-0.15, -0.1) is 0 Å². The molecule has 4 heteroatoms. The average molecular weight is 284 g/mol. The summed E-state index contributed by atoms with van der Waals surface area (Å²) in [5, 5.41) is 0. The molecule has 0 N–H and O–H groups in total. The van der Waals surface area contributed by atoms with Gasteiger partial charge in [0, 0.05) is 0 Å². The molecule has 0 aromatic rings. The Kier molecular flexibility index (Phi) is 6.03. The minimum absolute atomic E-state index is 0.189. The fraction of sp³-hybridized carbons (Fsp3) is 0.875. The van der Waals surface area contributed by atoms with Crippen LogP contribution in [-0.4, -0.2) is 24.6 Å². The summed E-state index contributed by atoms with van der Waals surface area (Å²) in [7, 11) is 0. The SMILES string of the molecule is CCOC(=O)C(=O)OC(C)C(C)C1CCCC(C)(C)C1. The number of carbonyl (C=O) groups excluding carboxylic acids is 2. The molecule has 0 aromatic heterocycles. The number of ether oxygens (including phenoxy) is 2. The molecule has 0 saturated heterocycles. The van der Waals surface area contributed by atoms with Crippen LogP contribution >= 0.6 is 0 Å². The van der Waals surface area contributed by atoms with Gasteiger partial charge in [0.15, 0.2) is 0 Å². The third kappa shape index (κ3) is 4.80. The number of hydrogen-bond acceptors (Lipinski definition) is 4. The monoisotopic (exact) mass is 284 g/mol. The maximum atomic E-state index is 11.6. The van der Waals surface area contributed by atoms with Crippen LogP contribution in [0.3, 0.4) is 0 Å². The number of rotatable bonds is 4. The lowest BCUT2D eigenvalue weighted by atomic mass is 9.68. The molecule has 1 aliphatic carbocycles. The molecule has 1 aliphatic rings. The molecule has 0 bridgehead atoms. The molecule has 4 nitrogen and oxygen atoms in total. The van der Waals surface area contributed by atoms with Crippen molar-refractivity contribution in [1.29, 1.82) is 0 Å². The van der Waals surface area contributed by atoms with Gasteiger partial charge >= 0.3 is 11.9 Å². The van der Waals surface area contributed by atoms with Gasteiger partial charge in [-0.1, -0.05) is 33.6 Å². The first-order valence-electron chi connectivity index (χ1n) is 7.64. The molecule has 0 heterocycles. The van der Waals surface area contributed by atoms with Crippen LogP contribution in [0.5, 0.6) is 0 Å². The van der Waals surface area contributed by atoms with E-state index in [-0.39, 0.29) is 18.6 Å². The second-order valence-corrected chi connectivity index (χ2v) is 6.71. The standard InChI is InChI=1S/C16H28O4/c1-6-19-14(17)15(18)20-12(3)11(2)13-8-7-9-16(4,5)10-13/h11-13H,6-10H2,1-5H3. The van der Waals surface area contributed by atoms with Crippen molar-refractivity contribution >= 4 is 11.9 Å². The highest BCUT2D eigenvalue weighted by atomic mass is 16.6. The van der Waals surface area contributed by atoms with Crippen LogP contribution in [0.25, 0.3) is 0 Å². The van der Waals surface area contributed by atoms with Gasteiger partial charge in [-0.25, -0.2) is 9.59 Å². The van der Waals surface area contributed by atoms with Crippen molar-refractivity contribution in [2.75, 3.05) is 6.61 Å². The predicted octanol–water partition coefficient (Wildman–Crippen LogP) is 3.33. The first-order chi connectivity index (χ1) is 9.26. The van der Waals surface area contributed by atoms with Crippen LogP contribution in [0.15, 0.2) is 0 Å². The van der Waals surface area contributed by atoms with Gasteiger partial charge in [-0.2, -0.15) is 0 Å². The van der Waals surface area contributed by atoms with E-state index in [0.29, 0.717) is 11.3 Å². The van der Waals surface area contributed by atoms with E-state index in [1.165, 1.54) is 19.3 Å². The van der Waals surface area contributed by atoms with Crippen LogP contribution in [0.1, 0.15) is 60.3 Å². The smallest absolute Gasteiger partial charge is 0.417 e. The van der Waals surface area contributed by atoms with E-state index in [2.05, 4.69) is 25.5 Å².